The van der Waals surface area contributed by atoms with Crippen LogP contribution in [0.1, 0.15) is 10.5 Å². The van der Waals surface area contributed by atoms with Crippen molar-refractivity contribution in [3.8, 4) is 0 Å². The van der Waals surface area contributed by atoms with E-state index in [4.69, 9.17) is 9.66 Å². The molecular weight excluding hydrogens is 210 g/mol. The lowest BCUT2D eigenvalue weighted by molar-refractivity contribution is 0.0690. The predicted octanol–water partition coefficient (Wildman–Crippen LogP) is 0.284. The Hall–Kier alpha value is -1.47. The minimum atomic E-state index is -3.67. The van der Waals surface area contributed by atoms with Gasteiger partial charge in [-0.15, -0.1) is 0 Å². The first-order chi connectivity index (χ1) is 6.30. The van der Waals surface area contributed by atoms with Crippen molar-refractivity contribution >= 4 is 16.1 Å². The molecule has 6 nitrogen and oxygen atoms in total. The van der Waals surface area contributed by atoms with Gasteiger partial charge in [0.1, 0.15) is 5.69 Å². The maximum atomic E-state index is 10.1. The maximum absolute atomic E-state index is 10.1. The lowest BCUT2D eigenvalue weighted by atomic mass is 10.4. The van der Waals surface area contributed by atoms with Crippen LogP contribution in [0.4, 0.5) is 0 Å². The number of carboxylic acid groups (broad SMARTS) is 1. The predicted molar refractivity (Wildman–Crippen MR) is 48.7 cm³/mol. The zero-order valence-electron chi connectivity index (χ0n) is 7.28. The summed E-state index contributed by atoms with van der Waals surface area (Å²) in [5.74, 6) is -0.990. The molecule has 0 fully saturated rings. The molecule has 0 spiro atoms. The van der Waals surface area contributed by atoms with Crippen LogP contribution in [0.3, 0.4) is 0 Å². The van der Waals surface area contributed by atoms with E-state index in [-0.39, 0.29) is 5.69 Å². The number of rotatable bonds is 1. The summed E-state index contributed by atoms with van der Waals surface area (Å²) in [5.41, 5.74) is 0.0810. The number of pyridine rings is 1. The molecule has 1 rings (SSSR count). The Balaban J connectivity index is 0.000000292. The maximum Gasteiger partial charge on any atom is 0.354 e. The molecule has 14 heavy (non-hydrogen) atoms. The molecule has 1 aromatic rings. The largest absolute Gasteiger partial charge is 0.477 e. The summed E-state index contributed by atoms with van der Waals surface area (Å²) in [6.45, 7) is 0. The Kier molecular flexibility index (Phi) is 4.74. The van der Waals surface area contributed by atoms with Crippen LogP contribution in [0.5, 0.6) is 0 Å². The standard InChI is InChI=1S/C6H5NO2.CH4O3S/c8-6(9)5-3-1-2-4-7-5;1-5(2,3)4/h1-4H,(H,8,9);1H3,(H,2,3,4). The second kappa shape index (κ2) is 5.30. The van der Waals surface area contributed by atoms with Gasteiger partial charge in [0, 0.05) is 6.20 Å². The van der Waals surface area contributed by atoms with Gasteiger partial charge in [-0.05, 0) is 12.1 Å². The Morgan fingerprint density at radius 3 is 2.14 bits per heavy atom. The molecule has 1 aromatic heterocycles. The number of aromatic nitrogens is 1. The van der Waals surface area contributed by atoms with Crippen molar-refractivity contribution < 1.29 is 22.9 Å². The summed E-state index contributed by atoms with van der Waals surface area (Å²) in [6, 6.07) is 4.76. The first-order valence-electron chi connectivity index (χ1n) is 3.37. The normalized spacial score (nSPS) is 9.86. The molecule has 0 atom stereocenters. The highest BCUT2D eigenvalue weighted by Gasteiger charge is 1.98. The van der Waals surface area contributed by atoms with Gasteiger partial charge in [0.15, 0.2) is 0 Å². The van der Waals surface area contributed by atoms with Crippen molar-refractivity contribution in [3.63, 3.8) is 0 Å². The molecule has 0 saturated carbocycles. The third kappa shape index (κ3) is 8.62. The van der Waals surface area contributed by atoms with E-state index in [1.165, 1.54) is 12.3 Å². The minimum absolute atomic E-state index is 0.0810. The van der Waals surface area contributed by atoms with Gasteiger partial charge in [0.05, 0.1) is 6.26 Å². The molecule has 2 N–H and O–H groups in total. The molecule has 0 amide bonds. The van der Waals surface area contributed by atoms with Crippen LogP contribution in [-0.4, -0.2) is 35.3 Å². The van der Waals surface area contributed by atoms with Crippen molar-refractivity contribution in [2.75, 3.05) is 6.26 Å². The highest BCUT2D eigenvalue weighted by atomic mass is 32.2. The van der Waals surface area contributed by atoms with Gasteiger partial charge in [-0.1, -0.05) is 6.07 Å². The molecule has 0 aromatic carbocycles. The molecule has 0 unspecified atom stereocenters. The smallest absolute Gasteiger partial charge is 0.354 e. The van der Waals surface area contributed by atoms with E-state index in [2.05, 4.69) is 4.98 Å². The van der Waals surface area contributed by atoms with Gasteiger partial charge >= 0.3 is 5.97 Å². The van der Waals surface area contributed by atoms with Crippen LogP contribution < -0.4 is 0 Å². The SMILES string of the molecule is CS(=O)(=O)O.O=C(O)c1ccccn1. The molecule has 0 aliphatic carbocycles. The first-order valence-corrected chi connectivity index (χ1v) is 5.22. The molecule has 0 aliphatic rings. The van der Waals surface area contributed by atoms with Crippen molar-refractivity contribution in [1.82, 2.24) is 4.98 Å². The molecule has 78 valence electrons. The zero-order valence-corrected chi connectivity index (χ0v) is 8.10. The van der Waals surface area contributed by atoms with E-state index in [1.807, 2.05) is 0 Å². The highest BCUT2D eigenvalue weighted by molar-refractivity contribution is 7.85. The number of nitrogens with zero attached hydrogens (tertiary/aromatic N) is 1. The zero-order chi connectivity index (χ0) is 11.2. The van der Waals surface area contributed by atoms with Crippen molar-refractivity contribution in [1.29, 1.82) is 0 Å². The average Bonchev–Trinajstić information content (AvgIpc) is 2.03. The fourth-order valence-electron chi connectivity index (χ4n) is 0.489. The quantitative estimate of drug-likeness (QED) is 0.657. The van der Waals surface area contributed by atoms with E-state index in [0.29, 0.717) is 6.26 Å². The van der Waals surface area contributed by atoms with Gasteiger partial charge in [-0.25, -0.2) is 9.78 Å². The molecule has 1 heterocycles. The molecule has 0 radical (unpaired) electrons. The Morgan fingerprint density at radius 2 is 1.93 bits per heavy atom. The summed E-state index contributed by atoms with van der Waals surface area (Å²) in [4.78, 5) is 13.7. The second-order valence-corrected chi connectivity index (χ2v) is 3.72. The Bertz CT molecular complexity index is 378. The second-order valence-electron chi connectivity index (χ2n) is 2.25. The van der Waals surface area contributed by atoms with E-state index < -0.39 is 16.1 Å². The topological polar surface area (TPSA) is 105 Å². The summed E-state index contributed by atoms with van der Waals surface area (Å²) in [5, 5.41) is 8.32. The number of hydrogen-bond acceptors (Lipinski definition) is 4. The van der Waals surface area contributed by atoms with Gasteiger partial charge in [-0.3, -0.25) is 4.55 Å². The average molecular weight is 219 g/mol. The number of carbonyl (C=O) groups is 1. The summed E-state index contributed by atoms with van der Waals surface area (Å²) in [6.07, 6.45) is 2.16. The lowest BCUT2D eigenvalue weighted by Gasteiger charge is -1.87. The number of aromatic carboxylic acids is 1. The van der Waals surface area contributed by atoms with E-state index in [0.717, 1.165) is 0 Å². The van der Waals surface area contributed by atoms with Crippen LogP contribution >= 0.6 is 0 Å². The monoisotopic (exact) mass is 219 g/mol. The van der Waals surface area contributed by atoms with E-state index in [9.17, 15) is 13.2 Å². The highest BCUT2D eigenvalue weighted by Crippen LogP contribution is 1.90. The molecule has 7 heteroatoms. The fourth-order valence-corrected chi connectivity index (χ4v) is 0.489. The van der Waals surface area contributed by atoms with Crippen LogP contribution in [0.2, 0.25) is 0 Å². The van der Waals surface area contributed by atoms with Gasteiger partial charge in [0.25, 0.3) is 10.1 Å². The van der Waals surface area contributed by atoms with Crippen molar-refractivity contribution in [3.05, 3.63) is 30.1 Å². The molecule has 0 bridgehead atoms. The van der Waals surface area contributed by atoms with Crippen LogP contribution in [-0.2, 0) is 10.1 Å². The van der Waals surface area contributed by atoms with Gasteiger partial charge in [-0.2, -0.15) is 8.42 Å². The lowest BCUT2D eigenvalue weighted by Crippen LogP contribution is -1.97. The number of hydrogen-bond donors (Lipinski definition) is 2. The van der Waals surface area contributed by atoms with Gasteiger partial charge < -0.3 is 5.11 Å². The minimum Gasteiger partial charge on any atom is -0.477 e. The molecule has 0 saturated heterocycles. The number of carboxylic acids is 1. The molecular formula is C7H9NO5S. The Morgan fingerprint density at radius 1 is 1.43 bits per heavy atom. The third-order valence-electron chi connectivity index (χ3n) is 0.884. The van der Waals surface area contributed by atoms with E-state index >= 15 is 0 Å². The van der Waals surface area contributed by atoms with Crippen LogP contribution in [0.25, 0.3) is 0 Å². The van der Waals surface area contributed by atoms with Crippen LogP contribution in [0.15, 0.2) is 24.4 Å². The molecule has 0 aliphatic heterocycles. The van der Waals surface area contributed by atoms with Gasteiger partial charge in [0.2, 0.25) is 0 Å². The van der Waals surface area contributed by atoms with E-state index in [1.54, 1.807) is 12.1 Å². The summed E-state index contributed by atoms with van der Waals surface area (Å²) in [7, 11) is -3.67. The first kappa shape index (κ1) is 12.5. The van der Waals surface area contributed by atoms with Crippen molar-refractivity contribution in [2.24, 2.45) is 0 Å². The van der Waals surface area contributed by atoms with Crippen LogP contribution in [0, 0.1) is 0 Å². The fraction of sp³-hybridized carbons (Fsp3) is 0.143. The summed E-state index contributed by atoms with van der Waals surface area (Å²) >= 11 is 0. The third-order valence-corrected chi connectivity index (χ3v) is 0.884. The Labute approximate surface area is 81.0 Å². The summed E-state index contributed by atoms with van der Waals surface area (Å²) < 4.78 is 25.9. The van der Waals surface area contributed by atoms with Crippen molar-refractivity contribution in [2.45, 2.75) is 0 Å².